The van der Waals surface area contributed by atoms with E-state index >= 15 is 0 Å². The fourth-order valence-corrected chi connectivity index (χ4v) is 0. The van der Waals surface area contributed by atoms with Gasteiger partial charge in [-0.05, 0) is 0 Å². The fraction of sp³-hybridized carbons (Fsp3) is 1.00. The van der Waals surface area contributed by atoms with Crippen LogP contribution in [0.5, 0.6) is 0 Å². The van der Waals surface area contributed by atoms with Gasteiger partial charge in [0.1, 0.15) is 0 Å². The van der Waals surface area contributed by atoms with Crippen LogP contribution in [0.2, 0.25) is 0 Å². The molecule has 0 heterocycles. The van der Waals surface area contributed by atoms with E-state index < -0.39 is 7.82 Å². The van der Waals surface area contributed by atoms with E-state index in [0.717, 1.165) is 7.11 Å². The largest absolute Gasteiger partial charge is 0.469 e. The average molecular weight is 155 g/mol. The molecular weight excluding hydrogens is 145 g/mol. The van der Waals surface area contributed by atoms with Gasteiger partial charge in [-0.25, -0.2) is 4.57 Å². The molecule has 0 aromatic heterocycles. The molecule has 0 fully saturated rings. The summed E-state index contributed by atoms with van der Waals surface area (Å²) in [5, 5.41) is 0. The van der Waals surface area contributed by atoms with E-state index in [4.69, 9.17) is 9.79 Å². The Kier molecular flexibility index (Phi) is 11.9. The van der Waals surface area contributed by atoms with E-state index in [1.54, 1.807) is 0 Å². The molecule has 0 unspecified atom stereocenters. The Hall–Kier alpha value is 0.836. The van der Waals surface area contributed by atoms with Crippen LogP contribution in [0.3, 0.4) is 0 Å². The van der Waals surface area contributed by atoms with Gasteiger partial charge in [0.05, 0.1) is 0 Å². The quantitative estimate of drug-likeness (QED) is 0.332. The summed E-state index contributed by atoms with van der Waals surface area (Å²) in [5.74, 6) is 0. The molecule has 5 nitrogen and oxygen atoms in total. The number of hydrogen-bond acceptors (Lipinski definition) is 3. The van der Waals surface area contributed by atoms with Gasteiger partial charge in [-0.15, -0.1) is 0 Å². The highest BCUT2D eigenvalue weighted by atomic mass is 31.2. The first-order valence-corrected chi connectivity index (χ1v) is 2.70. The summed E-state index contributed by atoms with van der Waals surface area (Å²) in [5.41, 5.74) is 0. The predicted molar refractivity (Wildman–Crippen MR) is 32.6 cm³/mol. The Morgan fingerprint density at radius 3 is 1.62 bits per heavy atom. The van der Waals surface area contributed by atoms with Gasteiger partial charge in [0.15, 0.2) is 0 Å². The second-order valence-electron chi connectivity index (χ2n) is 0.673. The molecule has 0 aromatic rings. The van der Waals surface area contributed by atoms with E-state index in [0.29, 0.717) is 0 Å². The lowest BCUT2D eigenvalue weighted by Gasteiger charge is -1.93. The third-order valence-corrected chi connectivity index (χ3v) is 0.714. The predicted octanol–water partition coefficient (Wildman–Crippen LogP) is -1.03. The van der Waals surface area contributed by atoms with Crippen molar-refractivity contribution in [3.63, 3.8) is 0 Å². The smallest absolute Gasteiger partial charge is 0.344 e. The van der Waals surface area contributed by atoms with Gasteiger partial charge in [-0.3, -0.25) is 4.52 Å². The SMILES string of the molecule is COP(=O)(O)O.N.[MgH2]. The van der Waals surface area contributed by atoms with Crippen molar-refractivity contribution in [2.24, 2.45) is 0 Å². The molecule has 0 aliphatic carbocycles. The molecule has 0 saturated heterocycles. The summed E-state index contributed by atoms with van der Waals surface area (Å²) in [7, 11) is -3.20. The highest BCUT2D eigenvalue weighted by Crippen LogP contribution is 2.33. The van der Waals surface area contributed by atoms with Gasteiger partial charge in [0.2, 0.25) is 0 Å². The summed E-state index contributed by atoms with van der Waals surface area (Å²) in [6.07, 6.45) is 0. The topological polar surface area (TPSA) is 102 Å². The minimum atomic E-state index is -4.15. The second kappa shape index (κ2) is 5.96. The average Bonchev–Trinajstić information content (AvgIpc) is 1.35. The lowest BCUT2D eigenvalue weighted by atomic mass is 11.8. The van der Waals surface area contributed by atoms with Crippen LogP contribution in [-0.2, 0) is 9.09 Å². The van der Waals surface area contributed by atoms with Gasteiger partial charge >= 0.3 is 30.9 Å². The first-order chi connectivity index (χ1) is 2.56. The van der Waals surface area contributed by atoms with Gasteiger partial charge in [-0.1, -0.05) is 0 Å². The maximum atomic E-state index is 9.47. The van der Waals surface area contributed by atoms with Crippen molar-refractivity contribution in [1.29, 1.82) is 0 Å². The van der Waals surface area contributed by atoms with E-state index in [-0.39, 0.29) is 29.2 Å². The molecule has 50 valence electrons. The summed E-state index contributed by atoms with van der Waals surface area (Å²) >= 11 is 0. The molecule has 5 N–H and O–H groups in total. The first-order valence-electron chi connectivity index (χ1n) is 1.17. The summed E-state index contributed by atoms with van der Waals surface area (Å²) < 4.78 is 13.1. The maximum Gasteiger partial charge on any atom is 0.469 e. The van der Waals surface area contributed by atoms with Crippen LogP contribution in [0.4, 0.5) is 0 Å². The highest BCUT2D eigenvalue weighted by Gasteiger charge is 2.07. The van der Waals surface area contributed by atoms with Crippen molar-refractivity contribution in [3.05, 3.63) is 0 Å². The van der Waals surface area contributed by atoms with Crippen LogP contribution in [0.1, 0.15) is 0 Å². The molecule has 0 amide bonds. The summed E-state index contributed by atoms with van der Waals surface area (Å²) in [6.45, 7) is 0. The van der Waals surface area contributed by atoms with Gasteiger partial charge < -0.3 is 15.9 Å². The van der Waals surface area contributed by atoms with Crippen molar-refractivity contribution in [2.75, 3.05) is 7.11 Å². The third kappa shape index (κ3) is 15.8. The zero-order valence-corrected chi connectivity index (χ0v) is 4.76. The zero-order valence-electron chi connectivity index (χ0n) is 3.87. The van der Waals surface area contributed by atoms with Gasteiger partial charge in [-0.2, -0.15) is 0 Å². The molecule has 0 radical (unpaired) electrons. The molecule has 8 heavy (non-hydrogen) atoms. The first kappa shape index (κ1) is 15.9. The normalized spacial score (nSPS) is 8.88. The Balaban J connectivity index is -0.000000125. The van der Waals surface area contributed by atoms with Crippen molar-refractivity contribution in [3.8, 4) is 0 Å². The van der Waals surface area contributed by atoms with Crippen molar-refractivity contribution in [1.82, 2.24) is 6.15 Å². The number of phosphoric acid groups is 1. The molecule has 0 bridgehead atoms. The fourth-order valence-electron chi connectivity index (χ4n) is 0. The lowest BCUT2D eigenvalue weighted by Crippen LogP contribution is -1.76. The second-order valence-corrected chi connectivity index (χ2v) is 2.02. The van der Waals surface area contributed by atoms with E-state index in [9.17, 15) is 4.57 Å². The number of phosphoric ester groups is 1. The standard InChI is InChI=1S/CH5O4P.Mg.H3N.2H/c1-5-6(2,3)4;;;;/h1H3,(H2,2,3,4);;1H3;;. The van der Waals surface area contributed by atoms with Crippen molar-refractivity contribution < 1.29 is 18.9 Å². The third-order valence-electron chi connectivity index (χ3n) is 0.238. The monoisotopic (exact) mass is 155 g/mol. The molecule has 0 spiro atoms. The number of rotatable bonds is 1. The molecule has 0 aromatic carbocycles. The summed E-state index contributed by atoms with van der Waals surface area (Å²) in [6, 6.07) is 0. The maximum absolute atomic E-state index is 9.47. The van der Waals surface area contributed by atoms with Crippen LogP contribution >= 0.6 is 7.82 Å². The molecule has 0 aliphatic rings. The van der Waals surface area contributed by atoms with Crippen LogP contribution in [0.15, 0.2) is 0 Å². The van der Waals surface area contributed by atoms with Crippen LogP contribution in [-0.4, -0.2) is 39.9 Å². The van der Waals surface area contributed by atoms with Crippen molar-refractivity contribution >= 4 is 30.9 Å². The minimum absolute atomic E-state index is 0. The molecule has 0 rings (SSSR count). The van der Waals surface area contributed by atoms with Crippen LogP contribution < -0.4 is 6.15 Å². The Morgan fingerprint density at radius 1 is 1.50 bits per heavy atom. The van der Waals surface area contributed by atoms with Crippen LogP contribution in [0.25, 0.3) is 0 Å². The highest BCUT2D eigenvalue weighted by molar-refractivity contribution is 7.46. The minimum Gasteiger partial charge on any atom is -0.344 e. The summed E-state index contributed by atoms with van der Waals surface area (Å²) in [4.78, 5) is 15.4. The molecule has 7 heteroatoms. The zero-order chi connectivity index (χ0) is 5.21. The molecular formula is CH10MgNO4P. The Morgan fingerprint density at radius 2 is 1.62 bits per heavy atom. The van der Waals surface area contributed by atoms with Crippen LogP contribution in [0, 0.1) is 0 Å². The molecule has 0 atom stereocenters. The molecule has 0 aliphatic heterocycles. The van der Waals surface area contributed by atoms with Crippen molar-refractivity contribution in [2.45, 2.75) is 0 Å². The molecule has 0 saturated carbocycles. The van der Waals surface area contributed by atoms with E-state index in [1.807, 2.05) is 0 Å². The van der Waals surface area contributed by atoms with Gasteiger partial charge in [0.25, 0.3) is 0 Å². The van der Waals surface area contributed by atoms with Gasteiger partial charge in [0, 0.05) is 7.11 Å². The Bertz CT molecular complexity index is 80.1. The van der Waals surface area contributed by atoms with E-state index in [1.165, 1.54) is 0 Å². The van der Waals surface area contributed by atoms with E-state index in [2.05, 4.69) is 4.52 Å². The number of hydrogen-bond donors (Lipinski definition) is 3. The Labute approximate surface area is 63.4 Å². The lowest BCUT2D eigenvalue weighted by molar-refractivity contribution is 0.235.